The summed E-state index contributed by atoms with van der Waals surface area (Å²) >= 11 is 0. The molecule has 114 valence electrons. The zero-order chi connectivity index (χ0) is 14.8. The molecule has 0 aromatic heterocycles. The van der Waals surface area contributed by atoms with Crippen molar-refractivity contribution in [2.45, 2.75) is 65.3 Å². The van der Waals surface area contributed by atoms with Crippen LogP contribution in [-0.2, 0) is 9.59 Å². The number of likely N-dealkylation sites (tertiary alicyclic amines) is 1. The number of piperidine rings is 1. The summed E-state index contributed by atoms with van der Waals surface area (Å²) in [6, 6.07) is 0.346. The first-order valence-electron chi connectivity index (χ1n) is 8.21. The Balaban J connectivity index is 2.13. The second-order valence-electron chi connectivity index (χ2n) is 6.12. The lowest BCUT2D eigenvalue weighted by Gasteiger charge is -2.38. The summed E-state index contributed by atoms with van der Waals surface area (Å²) in [5, 5.41) is 0. The fraction of sp³-hybridized carbons (Fsp3) is 0.875. The van der Waals surface area contributed by atoms with Crippen molar-refractivity contribution in [2.24, 2.45) is 5.41 Å². The van der Waals surface area contributed by atoms with Crippen molar-refractivity contribution < 1.29 is 9.59 Å². The van der Waals surface area contributed by atoms with Crippen LogP contribution in [0.1, 0.15) is 59.3 Å². The highest BCUT2D eigenvalue weighted by Crippen LogP contribution is 2.49. The number of carbonyl (C=O) groups excluding carboxylic acids is 2. The van der Waals surface area contributed by atoms with E-state index in [9.17, 15) is 9.59 Å². The number of hydrogen-bond donors (Lipinski definition) is 0. The minimum absolute atomic E-state index is 0.0629. The molecule has 4 nitrogen and oxygen atoms in total. The van der Waals surface area contributed by atoms with Crippen molar-refractivity contribution >= 4 is 11.8 Å². The van der Waals surface area contributed by atoms with Crippen LogP contribution in [0.4, 0.5) is 0 Å². The van der Waals surface area contributed by atoms with Gasteiger partial charge in [-0.2, -0.15) is 0 Å². The molecule has 0 radical (unpaired) electrons. The number of nitrogens with zero attached hydrogens (tertiary/aromatic N) is 2. The van der Waals surface area contributed by atoms with E-state index in [-0.39, 0.29) is 11.8 Å². The van der Waals surface area contributed by atoms with E-state index in [2.05, 4.69) is 6.92 Å². The summed E-state index contributed by atoms with van der Waals surface area (Å²) in [5.74, 6) is 0.175. The molecule has 0 bridgehead atoms. The van der Waals surface area contributed by atoms with Gasteiger partial charge in [-0.1, -0.05) is 6.92 Å². The Kier molecular flexibility index (Phi) is 4.71. The smallest absolute Gasteiger partial charge is 0.238 e. The molecule has 0 spiro atoms. The average Bonchev–Trinajstić information content (AvgIpc) is 3.29. The van der Waals surface area contributed by atoms with Crippen molar-refractivity contribution in [3.05, 3.63) is 0 Å². The minimum atomic E-state index is -0.698. The van der Waals surface area contributed by atoms with Crippen LogP contribution in [0, 0.1) is 5.41 Å². The molecule has 2 aliphatic rings. The van der Waals surface area contributed by atoms with Crippen molar-refractivity contribution in [3.63, 3.8) is 0 Å². The van der Waals surface area contributed by atoms with Crippen molar-refractivity contribution in [1.29, 1.82) is 0 Å². The van der Waals surface area contributed by atoms with E-state index < -0.39 is 5.41 Å². The topological polar surface area (TPSA) is 40.6 Å². The molecule has 20 heavy (non-hydrogen) atoms. The molecular formula is C16H28N2O2. The Morgan fingerprint density at radius 2 is 1.80 bits per heavy atom. The molecule has 2 fully saturated rings. The predicted octanol–water partition coefficient (Wildman–Crippen LogP) is 2.43. The number of hydrogen-bond acceptors (Lipinski definition) is 2. The zero-order valence-corrected chi connectivity index (χ0v) is 13.2. The molecule has 4 heteroatoms. The normalized spacial score (nSPS) is 24.4. The van der Waals surface area contributed by atoms with Crippen LogP contribution in [0.25, 0.3) is 0 Å². The molecule has 1 atom stereocenters. The van der Waals surface area contributed by atoms with Gasteiger partial charge >= 0.3 is 0 Å². The van der Waals surface area contributed by atoms with E-state index in [1.807, 2.05) is 23.6 Å². The first kappa shape index (κ1) is 15.3. The number of amides is 2. The average molecular weight is 280 g/mol. The molecule has 1 heterocycles. The maximum absolute atomic E-state index is 12.9. The monoisotopic (exact) mass is 280 g/mol. The molecule has 0 aromatic rings. The largest absolute Gasteiger partial charge is 0.342 e. The highest BCUT2D eigenvalue weighted by molar-refractivity contribution is 6.08. The lowest BCUT2D eigenvalue weighted by atomic mass is 9.95. The lowest BCUT2D eigenvalue weighted by molar-refractivity contribution is -0.151. The third-order valence-electron chi connectivity index (χ3n) is 4.98. The molecule has 1 saturated carbocycles. The number of rotatable bonds is 5. The standard InChI is InChI=1S/C16H28N2O2/c1-4-13-9-7-8-12-18(13)15(20)16(10-11-16)14(19)17(5-2)6-3/h13H,4-12H2,1-3H3. The summed E-state index contributed by atoms with van der Waals surface area (Å²) in [5.41, 5.74) is -0.698. The van der Waals surface area contributed by atoms with Gasteiger partial charge in [0.05, 0.1) is 0 Å². The molecule has 1 aliphatic carbocycles. The highest BCUT2D eigenvalue weighted by Gasteiger charge is 2.59. The Bertz CT molecular complexity index is 373. The Hall–Kier alpha value is -1.06. The Morgan fingerprint density at radius 1 is 1.15 bits per heavy atom. The van der Waals surface area contributed by atoms with Gasteiger partial charge in [0.15, 0.2) is 0 Å². The zero-order valence-electron chi connectivity index (χ0n) is 13.2. The summed E-state index contributed by atoms with van der Waals surface area (Å²) in [4.78, 5) is 29.4. The van der Waals surface area contributed by atoms with Crippen LogP contribution < -0.4 is 0 Å². The summed E-state index contributed by atoms with van der Waals surface area (Å²) in [6.07, 6.45) is 5.87. The molecule has 0 N–H and O–H groups in total. The summed E-state index contributed by atoms with van der Waals surface area (Å²) in [6.45, 7) is 8.34. The van der Waals surface area contributed by atoms with Crippen LogP contribution >= 0.6 is 0 Å². The fourth-order valence-corrected chi connectivity index (χ4v) is 3.42. The Labute approximate surface area is 122 Å². The van der Waals surface area contributed by atoms with Crippen molar-refractivity contribution in [1.82, 2.24) is 9.80 Å². The molecule has 1 saturated heterocycles. The van der Waals surface area contributed by atoms with E-state index in [0.29, 0.717) is 19.1 Å². The van der Waals surface area contributed by atoms with E-state index in [0.717, 1.165) is 38.6 Å². The van der Waals surface area contributed by atoms with Gasteiger partial charge < -0.3 is 9.80 Å². The molecule has 2 amide bonds. The fourth-order valence-electron chi connectivity index (χ4n) is 3.42. The van der Waals surface area contributed by atoms with E-state index in [1.165, 1.54) is 6.42 Å². The van der Waals surface area contributed by atoms with E-state index in [1.54, 1.807) is 0 Å². The minimum Gasteiger partial charge on any atom is -0.342 e. The third-order valence-corrected chi connectivity index (χ3v) is 4.98. The predicted molar refractivity (Wildman–Crippen MR) is 79.2 cm³/mol. The maximum atomic E-state index is 12.9. The molecule has 1 aliphatic heterocycles. The van der Waals surface area contributed by atoms with Crippen LogP contribution in [0.15, 0.2) is 0 Å². The first-order valence-corrected chi connectivity index (χ1v) is 8.21. The maximum Gasteiger partial charge on any atom is 0.238 e. The number of carbonyl (C=O) groups is 2. The first-order chi connectivity index (χ1) is 9.60. The van der Waals surface area contributed by atoms with Gasteiger partial charge in [-0.25, -0.2) is 0 Å². The van der Waals surface area contributed by atoms with Gasteiger partial charge in [0.25, 0.3) is 0 Å². The van der Waals surface area contributed by atoms with Gasteiger partial charge in [-0.15, -0.1) is 0 Å². The lowest BCUT2D eigenvalue weighted by Crippen LogP contribution is -2.51. The van der Waals surface area contributed by atoms with Crippen LogP contribution in [0.3, 0.4) is 0 Å². The van der Waals surface area contributed by atoms with Crippen LogP contribution in [0.5, 0.6) is 0 Å². The second kappa shape index (κ2) is 6.15. The van der Waals surface area contributed by atoms with Gasteiger partial charge in [0.2, 0.25) is 11.8 Å². The third kappa shape index (κ3) is 2.57. The van der Waals surface area contributed by atoms with Crippen LogP contribution in [0.2, 0.25) is 0 Å². The molecular weight excluding hydrogens is 252 g/mol. The summed E-state index contributed by atoms with van der Waals surface area (Å²) < 4.78 is 0. The SMILES string of the molecule is CCC1CCCCN1C(=O)C1(C(=O)N(CC)CC)CC1. The van der Waals surface area contributed by atoms with Gasteiger partial charge in [-0.05, 0) is 52.4 Å². The summed E-state index contributed by atoms with van der Waals surface area (Å²) in [7, 11) is 0. The van der Waals surface area contributed by atoms with Crippen molar-refractivity contribution in [3.8, 4) is 0 Å². The second-order valence-corrected chi connectivity index (χ2v) is 6.12. The van der Waals surface area contributed by atoms with E-state index in [4.69, 9.17) is 0 Å². The molecule has 1 unspecified atom stereocenters. The van der Waals surface area contributed by atoms with Gasteiger partial charge in [0.1, 0.15) is 5.41 Å². The molecule has 2 rings (SSSR count). The Morgan fingerprint density at radius 3 is 2.30 bits per heavy atom. The highest BCUT2D eigenvalue weighted by atomic mass is 16.2. The van der Waals surface area contributed by atoms with Crippen molar-refractivity contribution in [2.75, 3.05) is 19.6 Å². The van der Waals surface area contributed by atoms with Crippen LogP contribution in [-0.4, -0.2) is 47.3 Å². The van der Waals surface area contributed by atoms with E-state index >= 15 is 0 Å². The molecule has 0 aromatic carbocycles. The van der Waals surface area contributed by atoms with Gasteiger partial charge in [0, 0.05) is 25.7 Å². The quantitative estimate of drug-likeness (QED) is 0.726. The van der Waals surface area contributed by atoms with Gasteiger partial charge in [-0.3, -0.25) is 9.59 Å².